The third-order valence-corrected chi connectivity index (χ3v) is 5.50. The number of likely N-dealkylation sites (tertiary alicyclic amines) is 1. The highest BCUT2D eigenvalue weighted by atomic mass is 16.5. The van der Waals surface area contributed by atoms with Crippen molar-refractivity contribution in [3.63, 3.8) is 0 Å². The van der Waals surface area contributed by atoms with Crippen LogP contribution in [-0.4, -0.2) is 41.6 Å². The summed E-state index contributed by atoms with van der Waals surface area (Å²) in [5.41, 5.74) is 4.75. The Bertz CT molecular complexity index is 749. The molecule has 1 aromatic heterocycles. The number of hydrogen-bond donors (Lipinski definition) is 1. The van der Waals surface area contributed by atoms with Crippen LogP contribution in [0.25, 0.3) is 10.9 Å². The van der Waals surface area contributed by atoms with Gasteiger partial charge in [0, 0.05) is 35.3 Å². The van der Waals surface area contributed by atoms with Gasteiger partial charge < -0.3 is 14.6 Å². The molecule has 24 heavy (non-hydrogen) atoms. The van der Waals surface area contributed by atoms with E-state index < -0.39 is 0 Å². The van der Waals surface area contributed by atoms with Crippen LogP contribution in [0.2, 0.25) is 0 Å². The van der Waals surface area contributed by atoms with Crippen LogP contribution >= 0.6 is 0 Å². The first-order valence-electron chi connectivity index (χ1n) is 9.30. The highest BCUT2D eigenvalue weighted by molar-refractivity contribution is 5.99. The van der Waals surface area contributed by atoms with Crippen molar-refractivity contribution in [1.82, 2.24) is 9.88 Å². The number of carbonyl (C=O) groups is 1. The summed E-state index contributed by atoms with van der Waals surface area (Å²) in [7, 11) is 0. The number of H-pyrrole nitrogens is 1. The summed E-state index contributed by atoms with van der Waals surface area (Å²) < 4.78 is 5.56. The third kappa shape index (κ3) is 2.73. The van der Waals surface area contributed by atoms with Gasteiger partial charge in [-0.1, -0.05) is 6.07 Å². The maximum absolute atomic E-state index is 13.0. The Kier molecular flexibility index (Phi) is 4.31. The monoisotopic (exact) mass is 326 g/mol. The quantitative estimate of drug-likeness (QED) is 0.931. The first-order chi connectivity index (χ1) is 11.8. The van der Waals surface area contributed by atoms with Crippen LogP contribution in [0.1, 0.15) is 54.2 Å². The molecule has 1 aromatic carbocycles. The average Bonchev–Trinajstić information content (AvgIpc) is 3.22. The number of aryl methyl sites for hydroxylation is 2. The van der Waals surface area contributed by atoms with E-state index in [1.807, 2.05) is 24.0 Å². The number of rotatable bonds is 4. The van der Waals surface area contributed by atoms with E-state index >= 15 is 0 Å². The van der Waals surface area contributed by atoms with E-state index in [4.69, 9.17) is 4.74 Å². The van der Waals surface area contributed by atoms with Crippen LogP contribution in [0.15, 0.2) is 18.2 Å². The molecule has 128 valence electrons. The molecule has 0 bridgehead atoms. The summed E-state index contributed by atoms with van der Waals surface area (Å²) in [6, 6.07) is 6.41. The predicted octanol–water partition coefficient (Wildman–Crippen LogP) is 3.69. The van der Waals surface area contributed by atoms with Gasteiger partial charge in [-0.25, -0.2) is 0 Å². The van der Waals surface area contributed by atoms with Gasteiger partial charge in [-0.05, 0) is 63.1 Å². The summed E-state index contributed by atoms with van der Waals surface area (Å²) in [6.07, 6.45) is 6.94. The summed E-state index contributed by atoms with van der Waals surface area (Å²) in [6.45, 7) is 4.21. The molecular formula is C20H26N2O2. The lowest BCUT2D eigenvalue weighted by Crippen LogP contribution is -2.38. The number of ether oxygens (including phenoxy) is 1. The Hall–Kier alpha value is -1.81. The highest BCUT2D eigenvalue weighted by Gasteiger charge is 2.29. The van der Waals surface area contributed by atoms with Gasteiger partial charge in [0.25, 0.3) is 5.91 Å². The zero-order valence-corrected chi connectivity index (χ0v) is 14.4. The fourth-order valence-electron chi connectivity index (χ4n) is 4.24. The van der Waals surface area contributed by atoms with Crippen LogP contribution in [0.5, 0.6) is 0 Å². The minimum atomic E-state index is 0.145. The molecule has 1 N–H and O–H groups in total. The minimum Gasteiger partial charge on any atom is -0.380 e. The lowest BCUT2D eigenvalue weighted by Gasteiger charge is -2.24. The zero-order valence-electron chi connectivity index (χ0n) is 14.4. The van der Waals surface area contributed by atoms with E-state index in [0.717, 1.165) is 43.3 Å². The van der Waals surface area contributed by atoms with Gasteiger partial charge in [-0.15, -0.1) is 0 Å². The molecule has 0 spiro atoms. The summed E-state index contributed by atoms with van der Waals surface area (Å²) in [5, 5.41) is 1.30. The molecule has 1 aliphatic heterocycles. The second-order valence-electron chi connectivity index (χ2n) is 7.00. The number of carbonyl (C=O) groups excluding carboxylic acids is 1. The first-order valence-corrected chi connectivity index (χ1v) is 9.30. The van der Waals surface area contributed by atoms with Crippen LogP contribution < -0.4 is 0 Å². The topological polar surface area (TPSA) is 45.3 Å². The number of nitrogens with zero attached hydrogens (tertiary/aromatic N) is 1. The molecule has 0 radical (unpaired) electrons. The third-order valence-electron chi connectivity index (χ3n) is 5.50. The molecule has 1 atom stereocenters. The van der Waals surface area contributed by atoms with Crippen molar-refractivity contribution >= 4 is 16.8 Å². The molecule has 1 fully saturated rings. The summed E-state index contributed by atoms with van der Waals surface area (Å²) >= 11 is 0. The van der Waals surface area contributed by atoms with Gasteiger partial charge in [0.15, 0.2) is 0 Å². The Balaban J connectivity index is 1.60. The maximum atomic E-state index is 13.0. The molecule has 2 aromatic rings. The standard InChI is InChI=1S/C20H26N2O2/c1-2-24-13-15-6-5-11-22(15)20(23)14-9-10-17-16-7-3-4-8-18(16)21-19(17)12-14/h9-10,12,15,21H,2-8,11,13H2,1H3/t15-/m1/s1. The molecule has 2 heterocycles. The number of nitrogens with one attached hydrogen (secondary N) is 1. The fourth-order valence-corrected chi connectivity index (χ4v) is 4.24. The van der Waals surface area contributed by atoms with Crippen molar-refractivity contribution in [2.24, 2.45) is 0 Å². The van der Waals surface area contributed by atoms with E-state index in [1.165, 1.54) is 29.5 Å². The number of hydrogen-bond acceptors (Lipinski definition) is 2. The second-order valence-corrected chi connectivity index (χ2v) is 7.00. The highest BCUT2D eigenvalue weighted by Crippen LogP contribution is 2.30. The molecule has 1 saturated heterocycles. The molecule has 4 nitrogen and oxygen atoms in total. The smallest absolute Gasteiger partial charge is 0.254 e. The lowest BCUT2D eigenvalue weighted by atomic mass is 9.95. The van der Waals surface area contributed by atoms with Crippen LogP contribution in [-0.2, 0) is 17.6 Å². The second kappa shape index (κ2) is 6.60. The number of fused-ring (bicyclic) bond motifs is 3. The van der Waals surface area contributed by atoms with Crippen LogP contribution in [0.4, 0.5) is 0 Å². The van der Waals surface area contributed by atoms with Crippen molar-refractivity contribution in [2.75, 3.05) is 19.8 Å². The molecule has 0 unspecified atom stereocenters. The van der Waals surface area contributed by atoms with Crippen molar-refractivity contribution in [1.29, 1.82) is 0 Å². The molecule has 1 aliphatic carbocycles. The van der Waals surface area contributed by atoms with Crippen molar-refractivity contribution < 1.29 is 9.53 Å². The molecule has 0 saturated carbocycles. The minimum absolute atomic E-state index is 0.145. The first kappa shape index (κ1) is 15.7. The number of aromatic amines is 1. The van der Waals surface area contributed by atoms with Crippen molar-refractivity contribution in [3.8, 4) is 0 Å². The van der Waals surface area contributed by atoms with Crippen LogP contribution in [0, 0.1) is 0 Å². The molecule has 2 aliphatic rings. The Morgan fingerprint density at radius 3 is 3.04 bits per heavy atom. The molecule has 1 amide bonds. The van der Waals surface area contributed by atoms with Gasteiger partial charge in [0.1, 0.15) is 0 Å². The van der Waals surface area contributed by atoms with Gasteiger partial charge in [0.05, 0.1) is 12.6 Å². The van der Waals surface area contributed by atoms with Gasteiger partial charge in [-0.3, -0.25) is 4.79 Å². The largest absolute Gasteiger partial charge is 0.380 e. The number of aromatic nitrogens is 1. The van der Waals surface area contributed by atoms with Gasteiger partial charge in [-0.2, -0.15) is 0 Å². The van der Waals surface area contributed by atoms with Crippen molar-refractivity contribution in [3.05, 3.63) is 35.0 Å². The summed E-state index contributed by atoms with van der Waals surface area (Å²) in [4.78, 5) is 18.5. The number of amides is 1. The molecule has 4 rings (SSSR count). The Labute approximate surface area is 143 Å². The van der Waals surface area contributed by atoms with E-state index in [1.54, 1.807) is 0 Å². The van der Waals surface area contributed by atoms with Gasteiger partial charge >= 0.3 is 0 Å². The zero-order chi connectivity index (χ0) is 16.5. The van der Waals surface area contributed by atoms with E-state index in [0.29, 0.717) is 13.2 Å². The number of benzene rings is 1. The average molecular weight is 326 g/mol. The summed E-state index contributed by atoms with van der Waals surface area (Å²) in [5.74, 6) is 0.145. The maximum Gasteiger partial charge on any atom is 0.254 e. The van der Waals surface area contributed by atoms with Gasteiger partial charge in [0.2, 0.25) is 0 Å². The van der Waals surface area contributed by atoms with Crippen molar-refractivity contribution in [2.45, 2.75) is 51.5 Å². The molecular weight excluding hydrogens is 300 g/mol. The Morgan fingerprint density at radius 1 is 1.29 bits per heavy atom. The van der Waals surface area contributed by atoms with Crippen LogP contribution in [0.3, 0.4) is 0 Å². The normalized spacial score (nSPS) is 20.5. The lowest BCUT2D eigenvalue weighted by molar-refractivity contribution is 0.0564. The fraction of sp³-hybridized carbons (Fsp3) is 0.550. The predicted molar refractivity (Wildman–Crippen MR) is 95.5 cm³/mol. The van der Waals surface area contributed by atoms with E-state index in [9.17, 15) is 4.79 Å². The van der Waals surface area contributed by atoms with E-state index in [2.05, 4.69) is 11.1 Å². The van der Waals surface area contributed by atoms with E-state index in [-0.39, 0.29) is 11.9 Å². The Morgan fingerprint density at radius 2 is 2.17 bits per heavy atom. The SMILES string of the molecule is CCOC[C@H]1CCCN1C(=O)c1ccc2c3c([nH]c2c1)CCCC3. The molecule has 4 heteroatoms.